The van der Waals surface area contributed by atoms with Gasteiger partial charge in [0.05, 0.1) is 0 Å². The number of aryl methyl sites for hydroxylation is 1. The summed E-state index contributed by atoms with van der Waals surface area (Å²) in [4.78, 5) is 38.6. The number of alkyl carbamates (subject to hydrolysis) is 1. The third-order valence-corrected chi connectivity index (χ3v) is 8.71. The molecule has 256 valence electrons. The second-order valence-corrected chi connectivity index (χ2v) is 12.6. The number of unbranched alkanes of at least 4 members (excludes halogenated alkanes) is 15. The smallest absolute Gasteiger partial charge is 0.417 e. The van der Waals surface area contributed by atoms with Gasteiger partial charge in [0.1, 0.15) is 31.9 Å². The van der Waals surface area contributed by atoms with Crippen LogP contribution in [0, 0.1) is 0 Å². The molecule has 1 unspecified atom stereocenters. The van der Waals surface area contributed by atoms with E-state index in [1.165, 1.54) is 96.8 Å². The van der Waals surface area contributed by atoms with Crippen LogP contribution >= 0.6 is 0 Å². The molecule has 1 saturated heterocycles. The summed E-state index contributed by atoms with van der Waals surface area (Å²) < 4.78 is 18.9. The fraction of sp³-hybridized carbons (Fsp3) is 0.778. The molecule has 0 spiro atoms. The molecule has 9 nitrogen and oxygen atoms in total. The lowest BCUT2D eigenvalue weighted by Gasteiger charge is -2.28. The van der Waals surface area contributed by atoms with Crippen molar-refractivity contribution in [1.82, 2.24) is 10.2 Å². The summed E-state index contributed by atoms with van der Waals surface area (Å²) in [5.74, 6) is -0.405. The largest absolute Gasteiger partial charge is 0.446 e. The van der Waals surface area contributed by atoms with E-state index < -0.39 is 23.7 Å². The maximum atomic E-state index is 12.9. The normalized spacial score (nSPS) is 16.0. The second kappa shape index (κ2) is 23.6. The fourth-order valence-corrected chi connectivity index (χ4v) is 5.84. The van der Waals surface area contributed by atoms with Crippen LogP contribution < -0.4 is 9.88 Å². The van der Waals surface area contributed by atoms with Crippen molar-refractivity contribution in [1.29, 1.82) is 0 Å². The first kappa shape index (κ1) is 38.5. The van der Waals surface area contributed by atoms with Gasteiger partial charge in [0.15, 0.2) is 6.20 Å². The first-order valence-corrected chi connectivity index (χ1v) is 17.9. The van der Waals surface area contributed by atoms with Gasteiger partial charge in [-0.2, -0.15) is 0 Å². The standard InChI is InChI=1S/C36H61N3O6/c1-4-6-7-8-9-10-11-12-13-14-15-16-17-18-19-21-26-37-34(41)43-30-36(25-23-28-45-36)31-44-35(42)39(32(3)40)29-33-24-20-22-27-38(33)5-2/h20,22,24,27H,4-19,21,23,25-26,28-31H2,1-3H3/p+1. The molecule has 3 amide bonds. The van der Waals surface area contributed by atoms with Crippen molar-refractivity contribution < 1.29 is 33.2 Å². The van der Waals surface area contributed by atoms with E-state index in [0.717, 1.165) is 29.9 Å². The highest BCUT2D eigenvalue weighted by molar-refractivity contribution is 5.90. The van der Waals surface area contributed by atoms with E-state index in [2.05, 4.69) is 12.2 Å². The van der Waals surface area contributed by atoms with Crippen LogP contribution in [0.25, 0.3) is 0 Å². The van der Waals surface area contributed by atoms with Gasteiger partial charge in [-0.25, -0.2) is 19.1 Å². The number of imide groups is 1. The van der Waals surface area contributed by atoms with Gasteiger partial charge in [0.2, 0.25) is 11.6 Å². The Morgan fingerprint density at radius 2 is 1.42 bits per heavy atom. The molecule has 1 aromatic rings. The number of carbonyl (C=O) groups is 3. The zero-order chi connectivity index (χ0) is 32.6. The van der Waals surface area contributed by atoms with E-state index in [-0.39, 0.29) is 19.8 Å². The third-order valence-electron chi connectivity index (χ3n) is 8.71. The quantitative estimate of drug-likeness (QED) is 0.0916. The van der Waals surface area contributed by atoms with Gasteiger partial charge in [-0.1, -0.05) is 109 Å². The molecule has 2 rings (SSSR count). The van der Waals surface area contributed by atoms with Crippen LogP contribution in [0.5, 0.6) is 0 Å². The van der Waals surface area contributed by atoms with Crippen molar-refractivity contribution in [3.63, 3.8) is 0 Å². The van der Waals surface area contributed by atoms with Gasteiger partial charge < -0.3 is 19.5 Å². The number of pyridine rings is 1. The van der Waals surface area contributed by atoms with Crippen molar-refractivity contribution in [2.75, 3.05) is 26.4 Å². The van der Waals surface area contributed by atoms with Crippen LogP contribution in [0.1, 0.15) is 142 Å². The van der Waals surface area contributed by atoms with Gasteiger partial charge in [0.25, 0.3) is 0 Å². The Morgan fingerprint density at radius 1 is 0.844 bits per heavy atom. The number of carbonyl (C=O) groups excluding carboxylic acids is 3. The van der Waals surface area contributed by atoms with Gasteiger partial charge in [0, 0.05) is 32.2 Å². The summed E-state index contributed by atoms with van der Waals surface area (Å²) in [7, 11) is 0. The second-order valence-electron chi connectivity index (χ2n) is 12.6. The van der Waals surface area contributed by atoms with Gasteiger partial charge in [-0.05, 0) is 26.2 Å². The topological polar surface area (TPSA) is 98.0 Å². The Morgan fingerprint density at radius 3 is 1.96 bits per heavy atom. The lowest BCUT2D eigenvalue weighted by molar-refractivity contribution is -0.701. The fourth-order valence-electron chi connectivity index (χ4n) is 5.84. The van der Waals surface area contributed by atoms with Gasteiger partial charge in [-0.3, -0.25) is 4.79 Å². The lowest BCUT2D eigenvalue weighted by atomic mass is 10.0. The van der Waals surface area contributed by atoms with Crippen molar-refractivity contribution >= 4 is 18.1 Å². The predicted molar refractivity (Wildman–Crippen MR) is 177 cm³/mol. The zero-order valence-electron chi connectivity index (χ0n) is 28.6. The molecule has 1 fully saturated rings. The summed E-state index contributed by atoms with van der Waals surface area (Å²) in [6.45, 7) is 7.40. The molecule has 0 radical (unpaired) electrons. The van der Waals surface area contributed by atoms with Crippen LogP contribution in [0.4, 0.5) is 9.59 Å². The zero-order valence-corrected chi connectivity index (χ0v) is 28.6. The number of hydrogen-bond donors (Lipinski definition) is 1. The number of aromatic nitrogens is 1. The molecule has 0 aliphatic carbocycles. The van der Waals surface area contributed by atoms with Crippen LogP contribution in [-0.4, -0.2) is 55.0 Å². The minimum Gasteiger partial charge on any atom is -0.446 e. The maximum absolute atomic E-state index is 12.9. The van der Waals surface area contributed by atoms with Crippen LogP contribution in [0.3, 0.4) is 0 Å². The Hall–Kier alpha value is -2.68. The van der Waals surface area contributed by atoms with E-state index in [1.807, 2.05) is 35.9 Å². The molecule has 0 bridgehead atoms. The molecule has 1 aliphatic heterocycles. The highest BCUT2D eigenvalue weighted by Gasteiger charge is 2.39. The Balaban J connectivity index is 1.55. The molecular formula is C36H62N3O6+. The minimum atomic E-state index is -0.903. The Labute approximate surface area is 272 Å². The summed E-state index contributed by atoms with van der Waals surface area (Å²) in [5.41, 5.74) is -0.0805. The molecule has 9 heteroatoms. The molecule has 1 aromatic heterocycles. The van der Waals surface area contributed by atoms with Gasteiger partial charge >= 0.3 is 12.2 Å². The molecule has 1 atom stereocenters. The number of nitrogens with one attached hydrogen (secondary N) is 1. The van der Waals surface area contributed by atoms with E-state index in [0.29, 0.717) is 26.1 Å². The summed E-state index contributed by atoms with van der Waals surface area (Å²) >= 11 is 0. The number of rotatable bonds is 24. The molecule has 0 aromatic carbocycles. The van der Waals surface area contributed by atoms with Crippen molar-refractivity contribution in [2.45, 2.75) is 155 Å². The first-order valence-electron chi connectivity index (χ1n) is 17.9. The predicted octanol–water partition coefficient (Wildman–Crippen LogP) is 8.02. The molecule has 1 aliphatic rings. The van der Waals surface area contributed by atoms with Crippen molar-refractivity contribution in [3.05, 3.63) is 30.1 Å². The van der Waals surface area contributed by atoms with E-state index in [4.69, 9.17) is 14.2 Å². The highest BCUT2D eigenvalue weighted by atomic mass is 16.6. The number of ether oxygens (including phenoxy) is 3. The van der Waals surface area contributed by atoms with E-state index >= 15 is 0 Å². The van der Waals surface area contributed by atoms with Crippen molar-refractivity contribution in [3.8, 4) is 0 Å². The molecular weight excluding hydrogens is 570 g/mol. The third kappa shape index (κ3) is 16.4. The molecule has 1 N–H and O–H groups in total. The molecule has 0 saturated carbocycles. The average molecular weight is 633 g/mol. The summed E-state index contributed by atoms with van der Waals surface area (Å²) in [6.07, 6.45) is 23.0. The molecule has 45 heavy (non-hydrogen) atoms. The van der Waals surface area contributed by atoms with E-state index in [9.17, 15) is 14.4 Å². The average Bonchev–Trinajstić information content (AvgIpc) is 3.52. The molecule has 2 heterocycles. The number of nitrogens with zero attached hydrogens (tertiary/aromatic N) is 2. The monoisotopic (exact) mass is 632 g/mol. The van der Waals surface area contributed by atoms with E-state index in [1.54, 1.807) is 0 Å². The summed E-state index contributed by atoms with van der Waals surface area (Å²) in [5, 5.41) is 2.83. The van der Waals surface area contributed by atoms with Gasteiger partial charge in [-0.15, -0.1) is 0 Å². The highest BCUT2D eigenvalue weighted by Crippen LogP contribution is 2.27. The SMILES string of the molecule is CCCCCCCCCCCCCCCCCCNC(=O)OCC1(COC(=O)N(Cc2cccc[n+]2CC)C(C)=O)CCCO1. The first-order chi connectivity index (χ1) is 21.9. The Kier molecular flexibility index (Phi) is 20.2. The lowest BCUT2D eigenvalue weighted by Crippen LogP contribution is -2.46. The van der Waals surface area contributed by atoms with Crippen LogP contribution in [0.2, 0.25) is 0 Å². The Bertz CT molecular complexity index is 966. The summed E-state index contributed by atoms with van der Waals surface area (Å²) in [6, 6.07) is 5.65. The number of amides is 3. The van der Waals surface area contributed by atoms with Crippen molar-refractivity contribution in [2.24, 2.45) is 0 Å². The number of hydrogen-bond acceptors (Lipinski definition) is 6. The van der Waals surface area contributed by atoms with Crippen LogP contribution in [0.15, 0.2) is 24.4 Å². The van der Waals surface area contributed by atoms with Crippen LogP contribution in [-0.2, 0) is 32.1 Å². The minimum absolute atomic E-state index is 0.0142. The maximum Gasteiger partial charge on any atom is 0.417 e.